The highest BCUT2D eigenvalue weighted by Crippen LogP contribution is 2.08. The third-order valence-corrected chi connectivity index (χ3v) is 1.66. The van der Waals surface area contributed by atoms with E-state index in [4.69, 9.17) is 5.11 Å². The summed E-state index contributed by atoms with van der Waals surface area (Å²) in [4.78, 5) is 20.2. The number of ether oxygens (including phenoxy) is 1. The Balaban J connectivity index is 3.75. The average molecular weight is 191 g/mol. The molecule has 1 N–H and O–H groups in total. The van der Waals surface area contributed by atoms with E-state index >= 15 is 0 Å². The lowest BCUT2D eigenvalue weighted by atomic mass is 10.0. The van der Waals surface area contributed by atoms with E-state index in [-0.39, 0.29) is 31.9 Å². The van der Waals surface area contributed by atoms with Gasteiger partial charge in [-0.15, -0.1) is 0 Å². The Bertz CT molecular complexity index is 182. The van der Waals surface area contributed by atoms with Gasteiger partial charge in [0, 0.05) is 18.0 Å². The molecule has 6 nitrogen and oxygen atoms in total. The first kappa shape index (κ1) is 11.8. The fraction of sp³-hybridized carbons (Fsp3) is 0.857. The maximum atomic E-state index is 10.7. The molecule has 1 atom stereocenters. The molecule has 0 unspecified atom stereocenters. The van der Waals surface area contributed by atoms with Crippen LogP contribution in [0.25, 0.3) is 0 Å². The van der Waals surface area contributed by atoms with E-state index in [1.54, 1.807) is 0 Å². The van der Waals surface area contributed by atoms with Crippen molar-refractivity contribution < 1.29 is 19.6 Å². The van der Waals surface area contributed by atoms with E-state index in [1.165, 1.54) is 7.11 Å². The van der Waals surface area contributed by atoms with Crippen molar-refractivity contribution in [2.75, 3.05) is 20.3 Å². The Morgan fingerprint density at radius 1 is 1.69 bits per heavy atom. The Labute approximate surface area is 75.7 Å². The summed E-state index contributed by atoms with van der Waals surface area (Å²) in [5.74, 6) is -0.833. The van der Waals surface area contributed by atoms with Crippen molar-refractivity contribution in [3.63, 3.8) is 0 Å². The van der Waals surface area contributed by atoms with Crippen molar-refractivity contribution in [1.29, 1.82) is 0 Å². The van der Waals surface area contributed by atoms with Crippen molar-refractivity contribution in [1.82, 2.24) is 0 Å². The third kappa shape index (κ3) is 6.03. The largest absolute Gasteiger partial charge is 0.469 e. The first-order valence-electron chi connectivity index (χ1n) is 3.89. The molecule has 0 radical (unpaired) electrons. The standard InChI is InChI=1S/C7H13NO5/c1-13-7(10)4-6(5-9)2-3-8(11)12/h6,9H,2-5H2,1H3/t6-/m1/s1. The molecule has 0 saturated heterocycles. The molecule has 0 aromatic rings. The molecule has 0 aromatic carbocycles. The van der Waals surface area contributed by atoms with Gasteiger partial charge in [0.1, 0.15) is 0 Å². The number of hydrogen-bond acceptors (Lipinski definition) is 5. The fourth-order valence-corrected chi connectivity index (χ4v) is 0.865. The highest BCUT2D eigenvalue weighted by molar-refractivity contribution is 5.69. The Morgan fingerprint density at radius 3 is 2.69 bits per heavy atom. The molecule has 0 spiro atoms. The van der Waals surface area contributed by atoms with Crippen molar-refractivity contribution in [3.8, 4) is 0 Å². The monoisotopic (exact) mass is 191 g/mol. The highest BCUT2D eigenvalue weighted by Gasteiger charge is 2.15. The lowest BCUT2D eigenvalue weighted by Gasteiger charge is -2.09. The molecule has 0 aliphatic rings. The van der Waals surface area contributed by atoms with Crippen LogP contribution in [0.1, 0.15) is 12.8 Å². The Hall–Kier alpha value is -1.17. The number of methoxy groups -OCH3 is 1. The molecule has 0 rings (SSSR count). The molecular formula is C7H13NO5. The molecule has 76 valence electrons. The maximum absolute atomic E-state index is 10.7. The number of nitro groups is 1. The number of aliphatic hydroxyl groups excluding tert-OH is 1. The molecule has 0 aliphatic carbocycles. The molecule has 0 saturated carbocycles. The number of carbonyl (C=O) groups excluding carboxylic acids is 1. The van der Waals surface area contributed by atoms with Crippen molar-refractivity contribution in [2.24, 2.45) is 5.92 Å². The van der Waals surface area contributed by atoms with Gasteiger partial charge in [-0.05, 0) is 5.92 Å². The van der Waals surface area contributed by atoms with E-state index in [1.807, 2.05) is 0 Å². The fourth-order valence-electron chi connectivity index (χ4n) is 0.865. The number of nitrogens with zero attached hydrogens (tertiary/aromatic N) is 1. The molecule has 0 amide bonds. The van der Waals surface area contributed by atoms with E-state index in [2.05, 4.69) is 4.74 Å². The molecular weight excluding hydrogens is 178 g/mol. The predicted octanol–water partition coefficient (Wildman–Crippen LogP) is -0.175. The van der Waals surface area contributed by atoms with Crippen LogP contribution in [-0.2, 0) is 9.53 Å². The van der Waals surface area contributed by atoms with Crippen LogP contribution in [0.4, 0.5) is 0 Å². The number of hydrogen-bond donors (Lipinski definition) is 1. The van der Waals surface area contributed by atoms with Gasteiger partial charge >= 0.3 is 5.97 Å². The second-order valence-corrected chi connectivity index (χ2v) is 2.67. The second kappa shape index (κ2) is 6.36. The van der Waals surface area contributed by atoms with Crippen molar-refractivity contribution >= 4 is 5.97 Å². The number of esters is 1. The van der Waals surface area contributed by atoms with Crippen LogP contribution in [0.2, 0.25) is 0 Å². The van der Waals surface area contributed by atoms with E-state index in [0.29, 0.717) is 0 Å². The number of aliphatic hydroxyl groups is 1. The molecule has 0 fully saturated rings. The van der Waals surface area contributed by atoms with Crippen molar-refractivity contribution in [2.45, 2.75) is 12.8 Å². The summed E-state index contributed by atoms with van der Waals surface area (Å²) < 4.78 is 4.37. The van der Waals surface area contributed by atoms with Crippen LogP contribution in [0, 0.1) is 16.0 Å². The number of rotatable bonds is 6. The molecule has 0 bridgehead atoms. The highest BCUT2D eigenvalue weighted by atomic mass is 16.6. The van der Waals surface area contributed by atoms with Crippen LogP contribution < -0.4 is 0 Å². The van der Waals surface area contributed by atoms with Crippen LogP contribution >= 0.6 is 0 Å². The average Bonchev–Trinajstić information content (AvgIpc) is 2.11. The molecule has 6 heteroatoms. The Kier molecular flexibility index (Phi) is 5.79. The first-order valence-corrected chi connectivity index (χ1v) is 3.89. The molecule has 0 heterocycles. The SMILES string of the molecule is COC(=O)C[C@H](CO)CC[N+](=O)[O-]. The van der Waals surface area contributed by atoms with Crippen LogP contribution in [-0.4, -0.2) is 36.3 Å². The third-order valence-electron chi connectivity index (χ3n) is 1.66. The minimum atomic E-state index is -0.472. The minimum Gasteiger partial charge on any atom is -0.469 e. The van der Waals surface area contributed by atoms with E-state index in [9.17, 15) is 14.9 Å². The van der Waals surface area contributed by atoms with Crippen LogP contribution in [0.3, 0.4) is 0 Å². The van der Waals surface area contributed by atoms with Crippen molar-refractivity contribution in [3.05, 3.63) is 10.1 Å². The summed E-state index contributed by atoms with van der Waals surface area (Å²) in [5.41, 5.74) is 0. The second-order valence-electron chi connectivity index (χ2n) is 2.67. The van der Waals surface area contributed by atoms with Crippen LogP contribution in [0.15, 0.2) is 0 Å². The lowest BCUT2D eigenvalue weighted by molar-refractivity contribution is -0.481. The zero-order valence-electron chi connectivity index (χ0n) is 7.43. The zero-order chi connectivity index (χ0) is 10.3. The van der Waals surface area contributed by atoms with Gasteiger partial charge < -0.3 is 9.84 Å². The summed E-state index contributed by atoms with van der Waals surface area (Å²) in [6, 6.07) is 0. The smallest absolute Gasteiger partial charge is 0.305 e. The first-order chi connectivity index (χ1) is 6.10. The maximum Gasteiger partial charge on any atom is 0.305 e. The molecule has 0 aromatic heterocycles. The van der Waals surface area contributed by atoms with Gasteiger partial charge in [-0.25, -0.2) is 0 Å². The minimum absolute atomic E-state index is 0.0286. The lowest BCUT2D eigenvalue weighted by Crippen LogP contribution is -2.17. The Morgan fingerprint density at radius 2 is 2.31 bits per heavy atom. The van der Waals surface area contributed by atoms with Gasteiger partial charge in [0.05, 0.1) is 13.5 Å². The van der Waals surface area contributed by atoms with Crippen LogP contribution in [0.5, 0.6) is 0 Å². The zero-order valence-corrected chi connectivity index (χ0v) is 7.43. The van der Waals surface area contributed by atoms with Gasteiger partial charge in [0.2, 0.25) is 6.54 Å². The topological polar surface area (TPSA) is 89.7 Å². The van der Waals surface area contributed by atoms with Gasteiger partial charge in [-0.1, -0.05) is 0 Å². The number of carbonyl (C=O) groups is 1. The van der Waals surface area contributed by atoms with Gasteiger partial charge in [0.15, 0.2) is 0 Å². The predicted molar refractivity (Wildman–Crippen MR) is 43.7 cm³/mol. The van der Waals surface area contributed by atoms with Gasteiger partial charge in [0.25, 0.3) is 0 Å². The van der Waals surface area contributed by atoms with E-state index < -0.39 is 10.9 Å². The molecule has 13 heavy (non-hydrogen) atoms. The molecule has 0 aliphatic heterocycles. The quantitative estimate of drug-likeness (QED) is 0.357. The summed E-state index contributed by atoms with van der Waals surface area (Å²) in [6.45, 7) is -0.467. The summed E-state index contributed by atoms with van der Waals surface area (Å²) in [5, 5.41) is 18.7. The summed E-state index contributed by atoms with van der Waals surface area (Å²) in [6.07, 6.45) is 0.222. The van der Waals surface area contributed by atoms with Gasteiger partial charge in [-0.2, -0.15) is 0 Å². The van der Waals surface area contributed by atoms with E-state index in [0.717, 1.165) is 0 Å². The summed E-state index contributed by atoms with van der Waals surface area (Å²) in [7, 11) is 1.24. The normalized spacial score (nSPS) is 12.2. The summed E-state index contributed by atoms with van der Waals surface area (Å²) >= 11 is 0. The van der Waals surface area contributed by atoms with Gasteiger partial charge in [-0.3, -0.25) is 14.9 Å².